The van der Waals surface area contributed by atoms with E-state index in [9.17, 15) is 0 Å². The molecule has 0 N–H and O–H groups in total. The molecule has 48 valence electrons. The Hall–Kier alpha value is 0.319. The van der Waals surface area contributed by atoms with Crippen molar-refractivity contribution >= 4 is 10.4 Å². The summed E-state index contributed by atoms with van der Waals surface area (Å²) in [4.78, 5) is 0. The van der Waals surface area contributed by atoms with E-state index < -0.39 is 10.4 Å². The molecule has 0 rings (SSSR count). The molecule has 0 aromatic heterocycles. The minimum Gasteiger partial charge on any atom is -1.00 e. The average Bonchev–Trinajstić information content (AvgIpc) is 0.722. The van der Waals surface area contributed by atoms with Gasteiger partial charge in [0.1, 0.15) is 0 Å². The van der Waals surface area contributed by atoms with Crippen molar-refractivity contribution in [2.24, 2.45) is 0 Å². The molecule has 7 heteroatoms. The van der Waals surface area contributed by atoms with Gasteiger partial charge in [-0.05, 0) is 0 Å². The maximum atomic E-state index is 8.52. The van der Waals surface area contributed by atoms with E-state index in [0.717, 1.165) is 0 Å². The Morgan fingerprint density at radius 1 is 1.14 bits per heavy atom. The Morgan fingerprint density at radius 3 is 1.14 bits per heavy atom. The van der Waals surface area contributed by atoms with Crippen molar-refractivity contribution < 1.29 is 39.3 Å². The average molecular weight is 179 g/mol. The molecule has 0 heterocycles. The molecular formula is CuFO4S. The third-order valence-electron chi connectivity index (χ3n) is 0. The molecule has 0 aliphatic carbocycles. The largest absolute Gasteiger partial charge is 3.00 e. The van der Waals surface area contributed by atoms with Gasteiger partial charge in [0.25, 0.3) is 0 Å². The first kappa shape index (κ1) is 15.7. The quantitative estimate of drug-likeness (QED) is 0.213. The molecule has 0 aromatic carbocycles. The van der Waals surface area contributed by atoms with Crippen LogP contribution in [0.25, 0.3) is 0 Å². The maximum Gasteiger partial charge on any atom is 3.00 e. The van der Waals surface area contributed by atoms with Gasteiger partial charge in [0, 0.05) is 10.4 Å². The topological polar surface area (TPSA) is 80.3 Å². The minimum atomic E-state index is -5.17. The number of hydrogen-bond donors (Lipinski definition) is 0. The number of halogens is 1. The summed E-state index contributed by atoms with van der Waals surface area (Å²) in [6, 6.07) is 0. The third-order valence-corrected chi connectivity index (χ3v) is 0. The summed E-state index contributed by atoms with van der Waals surface area (Å²) in [5, 5.41) is 0. The predicted octanol–water partition coefficient (Wildman–Crippen LogP) is -4.34. The van der Waals surface area contributed by atoms with Crippen molar-refractivity contribution in [2.75, 3.05) is 0 Å². The second-order valence-electron chi connectivity index (χ2n) is 0.408. The third kappa shape index (κ3) is 1160. The summed E-state index contributed by atoms with van der Waals surface area (Å²) in [6.45, 7) is 0. The van der Waals surface area contributed by atoms with Gasteiger partial charge in [0.05, 0.1) is 0 Å². The standard InChI is InChI=1S/Cu.FH.H2O4S/c;;1-5(2,3)4/h;1H;(H2,1,2,3,4)/q+3;;/p-3. The molecule has 0 aliphatic rings. The van der Waals surface area contributed by atoms with Gasteiger partial charge in [-0.1, -0.05) is 0 Å². The van der Waals surface area contributed by atoms with Crippen molar-refractivity contribution in [3.05, 3.63) is 0 Å². The maximum absolute atomic E-state index is 8.52. The van der Waals surface area contributed by atoms with Gasteiger partial charge < -0.3 is 13.8 Å². The SMILES string of the molecule is O=S(=O)([O-])[O-].[Cu+3].[F-]. The van der Waals surface area contributed by atoms with Crippen LogP contribution in [-0.2, 0) is 27.5 Å². The zero-order chi connectivity index (χ0) is 4.50. The summed E-state index contributed by atoms with van der Waals surface area (Å²) in [5.41, 5.74) is 0. The minimum absolute atomic E-state index is 0. The predicted molar refractivity (Wildman–Crippen MR) is 10.5 cm³/mol. The summed E-state index contributed by atoms with van der Waals surface area (Å²) in [7, 11) is -5.17. The van der Waals surface area contributed by atoms with Crippen molar-refractivity contribution in [2.45, 2.75) is 0 Å². The zero-order valence-electron chi connectivity index (χ0n) is 2.72. The molecule has 0 atom stereocenters. The molecule has 0 radical (unpaired) electrons. The van der Waals surface area contributed by atoms with Crippen molar-refractivity contribution in [1.29, 1.82) is 0 Å². The van der Waals surface area contributed by atoms with Gasteiger partial charge in [-0.15, -0.1) is 0 Å². The van der Waals surface area contributed by atoms with E-state index in [1.165, 1.54) is 0 Å². The smallest absolute Gasteiger partial charge is 1.00 e. The Labute approximate surface area is 50.3 Å². The monoisotopic (exact) mass is 178 g/mol. The van der Waals surface area contributed by atoms with Crippen LogP contribution >= 0.6 is 0 Å². The van der Waals surface area contributed by atoms with Gasteiger partial charge in [-0.3, -0.25) is 8.42 Å². The zero-order valence-corrected chi connectivity index (χ0v) is 4.48. The molecule has 0 unspecified atom stereocenters. The van der Waals surface area contributed by atoms with E-state index in [1.54, 1.807) is 0 Å². The first-order valence-corrected chi connectivity index (χ1v) is 2.00. The fourth-order valence-corrected chi connectivity index (χ4v) is 0. The van der Waals surface area contributed by atoms with Gasteiger partial charge in [-0.2, -0.15) is 0 Å². The van der Waals surface area contributed by atoms with Crippen LogP contribution in [0, 0.1) is 0 Å². The van der Waals surface area contributed by atoms with Gasteiger partial charge in [-0.25, -0.2) is 0 Å². The van der Waals surface area contributed by atoms with Crippen molar-refractivity contribution in [1.82, 2.24) is 0 Å². The normalized spacial score (nSPS) is 8.29. The van der Waals surface area contributed by atoms with E-state index in [0.29, 0.717) is 0 Å². The molecule has 7 heavy (non-hydrogen) atoms. The van der Waals surface area contributed by atoms with Crippen LogP contribution < -0.4 is 4.70 Å². The van der Waals surface area contributed by atoms with Crippen molar-refractivity contribution in [3.63, 3.8) is 0 Å². The molecule has 0 amide bonds. The van der Waals surface area contributed by atoms with Crippen molar-refractivity contribution in [3.8, 4) is 0 Å². The molecule has 0 saturated carbocycles. The summed E-state index contributed by atoms with van der Waals surface area (Å²) in [6.07, 6.45) is 0. The van der Waals surface area contributed by atoms with E-state index >= 15 is 0 Å². The summed E-state index contributed by atoms with van der Waals surface area (Å²) in [5.74, 6) is 0. The van der Waals surface area contributed by atoms with E-state index in [2.05, 4.69) is 0 Å². The molecule has 0 bridgehead atoms. The molecule has 0 aromatic rings. The summed E-state index contributed by atoms with van der Waals surface area (Å²) < 4.78 is 34.1. The van der Waals surface area contributed by atoms with Gasteiger partial charge >= 0.3 is 17.1 Å². The fraction of sp³-hybridized carbons (Fsp3) is 0. The molecule has 0 spiro atoms. The second kappa shape index (κ2) is 4.48. The van der Waals surface area contributed by atoms with Crippen LogP contribution in [0.4, 0.5) is 0 Å². The van der Waals surface area contributed by atoms with Crippen LogP contribution in [0.2, 0.25) is 0 Å². The fourth-order valence-electron chi connectivity index (χ4n) is 0. The molecule has 4 nitrogen and oxygen atoms in total. The Kier molecular flexibility index (Phi) is 10.0. The van der Waals surface area contributed by atoms with Gasteiger partial charge in [0.15, 0.2) is 0 Å². The molecule has 0 saturated heterocycles. The Morgan fingerprint density at radius 2 is 1.14 bits per heavy atom. The number of rotatable bonds is 0. The van der Waals surface area contributed by atoms with Crippen LogP contribution in [-0.4, -0.2) is 17.5 Å². The summed E-state index contributed by atoms with van der Waals surface area (Å²) >= 11 is 0. The Bertz CT molecular complexity index is 94.9. The second-order valence-corrected chi connectivity index (χ2v) is 1.22. The molecule has 0 aliphatic heterocycles. The van der Waals surface area contributed by atoms with E-state index in [-0.39, 0.29) is 21.8 Å². The van der Waals surface area contributed by atoms with Crippen LogP contribution in [0.1, 0.15) is 0 Å². The van der Waals surface area contributed by atoms with Gasteiger partial charge in [0.2, 0.25) is 0 Å². The molecular weight excluding hydrogens is 179 g/mol. The first-order chi connectivity index (χ1) is 2.00. The van der Waals surface area contributed by atoms with E-state index in [4.69, 9.17) is 17.5 Å². The van der Waals surface area contributed by atoms with E-state index in [1.807, 2.05) is 0 Å². The first-order valence-electron chi connectivity index (χ1n) is 0.667. The molecule has 0 fully saturated rings. The Balaban J connectivity index is -0.0000000800. The van der Waals surface area contributed by atoms with Crippen LogP contribution in [0.3, 0.4) is 0 Å². The van der Waals surface area contributed by atoms with Crippen LogP contribution in [0.5, 0.6) is 0 Å². The number of hydrogen-bond acceptors (Lipinski definition) is 4. The van der Waals surface area contributed by atoms with Crippen LogP contribution in [0.15, 0.2) is 0 Å².